The van der Waals surface area contributed by atoms with Crippen LogP contribution in [0.4, 0.5) is 0 Å². The smallest absolute Gasteiger partial charge is 0.340 e. The van der Waals surface area contributed by atoms with E-state index in [0.29, 0.717) is 5.75 Å². The van der Waals surface area contributed by atoms with E-state index in [4.69, 9.17) is 9.47 Å². The molecule has 1 heterocycles. The summed E-state index contributed by atoms with van der Waals surface area (Å²) < 4.78 is 22.9. The molecule has 0 radical (unpaired) electrons. The quantitative estimate of drug-likeness (QED) is 0.718. The number of para-hydroxylation sites is 1. The monoisotopic (exact) mass is 334 g/mol. The highest BCUT2D eigenvalue weighted by atomic mass is 32.2. The molecule has 0 aliphatic carbocycles. The number of ether oxygens (including phenoxy) is 2. The van der Waals surface area contributed by atoms with Crippen LogP contribution < -0.4 is 9.47 Å². The average molecular weight is 334 g/mol. The van der Waals surface area contributed by atoms with Gasteiger partial charge in [-0.25, -0.2) is 0 Å². The van der Waals surface area contributed by atoms with Crippen LogP contribution in [0.5, 0.6) is 11.5 Å². The minimum atomic E-state index is -0.941. The molecule has 4 nitrogen and oxygen atoms in total. The van der Waals surface area contributed by atoms with Gasteiger partial charge in [-0.15, -0.1) is 0 Å². The van der Waals surface area contributed by atoms with Gasteiger partial charge >= 0.3 is 4.34 Å². The van der Waals surface area contributed by atoms with Gasteiger partial charge in [0.25, 0.3) is 0 Å². The first-order valence-corrected chi connectivity index (χ1v) is 8.84. The maximum Gasteiger partial charge on any atom is 0.340 e. The van der Waals surface area contributed by atoms with E-state index in [1.54, 1.807) is 14.2 Å². The number of methoxy groups -OCH3 is 2. The molecule has 0 amide bonds. The van der Waals surface area contributed by atoms with Crippen LogP contribution in [0.1, 0.15) is 5.56 Å². The highest BCUT2D eigenvalue weighted by molar-refractivity contribution is 7.92. The molecule has 0 aliphatic heterocycles. The molecule has 0 saturated heterocycles. The fraction of sp³-hybridized carbons (Fsp3) is 0.188. The first-order valence-electron chi connectivity index (χ1n) is 6.67. The summed E-state index contributed by atoms with van der Waals surface area (Å²) >= 11 is 0.592. The molecule has 1 atom stereocenters. The molecular formula is C16H16NO3S2+. The number of hydrogen-bond donors (Lipinski definition) is 1. The van der Waals surface area contributed by atoms with E-state index < -0.39 is 11.2 Å². The molecule has 1 unspecified atom stereocenters. The summed E-state index contributed by atoms with van der Waals surface area (Å²) in [5.74, 6) is 1.93. The zero-order valence-electron chi connectivity index (χ0n) is 12.3. The van der Waals surface area contributed by atoms with Crippen LogP contribution in [-0.2, 0) is 16.9 Å². The minimum absolute atomic E-state index is 0.493. The molecule has 3 aromatic rings. The molecule has 2 aromatic carbocycles. The van der Waals surface area contributed by atoms with E-state index in [2.05, 4.69) is 4.98 Å². The van der Waals surface area contributed by atoms with Gasteiger partial charge in [0, 0.05) is 11.6 Å². The molecule has 0 bridgehead atoms. The van der Waals surface area contributed by atoms with Crippen molar-refractivity contribution in [3.8, 4) is 11.5 Å². The number of fused-ring (bicyclic) bond motifs is 1. The molecular weight excluding hydrogens is 318 g/mol. The molecule has 114 valence electrons. The van der Waals surface area contributed by atoms with Crippen molar-refractivity contribution in [3.63, 3.8) is 0 Å². The topological polar surface area (TPSA) is 51.6 Å². The lowest BCUT2D eigenvalue weighted by Gasteiger charge is -2.06. The summed E-state index contributed by atoms with van der Waals surface area (Å²) in [6, 6.07) is 13.5. The summed E-state index contributed by atoms with van der Waals surface area (Å²) in [6.45, 7) is 0. The van der Waals surface area contributed by atoms with E-state index >= 15 is 0 Å². The van der Waals surface area contributed by atoms with Crippen LogP contribution >= 0.6 is 11.3 Å². The van der Waals surface area contributed by atoms with Crippen molar-refractivity contribution in [2.45, 2.75) is 10.1 Å². The van der Waals surface area contributed by atoms with Gasteiger partial charge in [0.1, 0.15) is 11.5 Å². The van der Waals surface area contributed by atoms with Crippen molar-refractivity contribution in [1.29, 1.82) is 0 Å². The lowest BCUT2D eigenvalue weighted by molar-refractivity contribution is 0.393. The molecule has 22 heavy (non-hydrogen) atoms. The second-order valence-electron chi connectivity index (χ2n) is 4.68. The van der Waals surface area contributed by atoms with E-state index in [-0.39, 0.29) is 0 Å². The summed E-state index contributed by atoms with van der Waals surface area (Å²) in [7, 11) is 3.23. The maximum atomic E-state index is 10.5. The van der Waals surface area contributed by atoms with E-state index in [1.165, 1.54) is 11.3 Å². The molecule has 1 aromatic heterocycles. The van der Waals surface area contributed by atoms with Gasteiger partial charge in [-0.1, -0.05) is 23.5 Å². The summed E-state index contributed by atoms with van der Waals surface area (Å²) in [5, 5.41) is 0. The Morgan fingerprint density at radius 2 is 1.77 bits per heavy atom. The van der Waals surface area contributed by atoms with Crippen molar-refractivity contribution in [2.24, 2.45) is 0 Å². The van der Waals surface area contributed by atoms with Gasteiger partial charge in [0.15, 0.2) is 5.75 Å². The fourth-order valence-electron chi connectivity index (χ4n) is 2.12. The number of thiazole rings is 1. The number of nitrogens with zero attached hydrogens (tertiary/aromatic N) is 1. The van der Waals surface area contributed by atoms with Crippen molar-refractivity contribution in [3.05, 3.63) is 48.0 Å². The average Bonchev–Trinajstić information content (AvgIpc) is 2.98. The minimum Gasteiger partial charge on any atom is -0.497 e. The number of hydrogen-bond acceptors (Lipinski definition) is 5. The molecule has 0 saturated carbocycles. The van der Waals surface area contributed by atoms with Gasteiger partial charge < -0.3 is 9.47 Å². The second-order valence-corrected chi connectivity index (χ2v) is 7.37. The zero-order chi connectivity index (χ0) is 15.5. The van der Waals surface area contributed by atoms with Crippen molar-refractivity contribution in [2.75, 3.05) is 14.2 Å². The molecule has 0 spiro atoms. The first-order chi connectivity index (χ1) is 10.7. The van der Waals surface area contributed by atoms with Crippen molar-refractivity contribution < 1.29 is 14.0 Å². The third-order valence-electron chi connectivity index (χ3n) is 3.19. The third kappa shape index (κ3) is 3.19. The summed E-state index contributed by atoms with van der Waals surface area (Å²) in [5.41, 5.74) is 1.89. The van der Waals surface area contributed by atoms with Gasteiger partial charge in [-0.3, -0.25) is 0 Å². The van der Waals surface area contributed by atoms with Gasteiger partial charge in [0.05, 0.1) is 24.4 Å². The first kappa shape index (κ1) is 15.1. The molecule has 0 fully saturated rings. The number of rotatable bonds is 5. The highest BCUT2D eigenvalue weighted by Crippen LogP contribution is 2.29. The lowest BCUT2D eigenvalue weighted by atomic mass is 10.2. The Morgan fingerprint density at radius 3 is 2.41 bits per heavy atom. The number of benzene rings is 2. The van der Waals surface area contributed by atoms with Crippen LogP contribution in [0.15, 0.2) is 46.8 Å². The Kier molecular flexibility index (Phi) is 4.52. The maximum absolute atomic E-state index is 10.5. The van der Waals surface area contributed by atoms with E-state index in [9.17, 15) is 4.55 Å². The highest BCUT2D eigenvalue weighted by Gasteiger charge is 2.26. The van der Waals surface area contributed by atoms with E-state index in [1.807, 2.05) is 42.5 Å². The van der Waals surface area contributed by atoms with Crippen LogP contribution in [0.25, 0.3) is 10.2 Å². The van der Waals surface area contributed by atoms with Crippen LogP contribution in [0, 0.1) is 0 Å². The van der Waals surface area contributed by atoms with E-state index in [0.717, 1.165) is 31.6 Å². The molecule has 3 rings (SSSR count). The zero-order valence-corrected chi connectivity index (χ0v) is 13.9. The fourth-order valence-corrected chi connectivity index (χ4v) is 4.46. The van der Waals surface area contributed by atoms with Gasteiger partial charge in [-0.2, -0.15) is 9.54 Å². The van der Waals surface area contributed by atoms with Crippen molar-refractivity contribution >= 4 is 32.7 Å². The SMILES string of the molecule is COc1cc(C[S+](O)c2nc3ccccc3s2)cc(OC)c1. The Labute approximate surface area is 135 Å². The van der Waals surface area contributed by atoms with Crippen molar-refractivity contribution in [1.82, 2.24) is 4.98 Å². The Bertz CT molecular complexity index is 733. The molecule has 6 heteroatoms. The third-order valence-corrected chi connectivity index (χ3v) is 5.95. The Morgan fingerprint density at radius 1 is 1.09 bits per heavy atom. The summed E-state index contributed by atoms with van der Waals surface area (Å²) in [4.78, 5) is 4.51. The summed E-state index contributed by atoms with van der Waals surface area (Å²) in [6.07, 6.45) is 0. The molecule has 1 N–H and O–H groups in total. The van der Waals surface area contributed by atoms with Crippen LogP contribution in [0.3, 0.4) is 0 Å². The Balaban J connectivity index is 1.85. The largest absolute Gasteiger partial charge is 0.497 e. The molecule has 0 aliphatic rings. The van der Waals surface area contributed by atoms with Crippen LogP contribution in [-0.4, -0.2) is 23.8 Å². The lowest BCUT2D eigenvalue weighted by Crippen LogP contribution is -2.04. The van der Waals surface area contributed by atoms with Gasteiger partial charge in [0.2, 0.25) is 11.2 Å². The van der Waals surface area contributed by atoms with Crippen LogP contribution in [0.2, 0.25) is 0 Å². The standard InChI is InChI=1S/C16H16NO3S2/c1-19-12-7-11(8-13(9-12)20-2)10-22(18)16-17-14-5-3-4-6-15(14)21-16/h3-9,18H,10H2,1-2H3/q+1. The Hall–Kier alpha value is -1.76. The predicted molar refractivity (Wildman–Crippen MR) is 91.1 cm³/mol. The predicted octanol–water partition coefficient (Wildman–Crippen LogP) is 3.96. The van der Waals surface area contributed by atoms with Gasteiger partial charge in [-0.05, 0) is 24.3 Å². The normalized spacial score (nSPS) is 12.3. The second kappa shape index (κ2) is 6.56. The number of aromatic nitrogens is 1.